The number of nitriles is 1. The Morgan fingerprint density at radius 3 is 2.43 bits per heavy atom. The maximum Gasteiger partial charge on any atom is 0.152 e. The first kappa shape index (κ1) is 17.4. The fourth-order valence-electron chi connectivity index (χ4n) is 3.26. The summed E-state index contributed by atoms with van der Waals surface area (Å²) in [4.78, 5) is 0. The first-order chi connectivity index (χ1) is 11.3. The van der Waals surface area contributed by atoms with E-state index in [4.69, 9.17) is 10.00 Å². The molecule has 1 aromatic carbocycles. The van der Waals surface area contributed by atoms with Gasteiger partial charge in [0.25, 0.3) is 0 Å². The largest absolute Gasteiger partial charge is 0.494 e. The molecule has 0 spiro atoms. The highest BCUT2D eigenvalue weighted by atomic mass is 16.5. The lowest BCUT2D eigenvalue weighted by Crippen LogP contribution is -2.12. The first-order valence-corrected chi connectivity index (χ1v) is 8.96. The second-order valence-electron chi connectivity index (χ2n) is 6.41. The van der Waals surface area contributed by atoms with Gasteiger partial charge in [0.1, 0.15) is 5.75 Å². The second kappa shape index (κ2) is 9.96. The van der Waals surface area contributed by atoms with Crippen LogP contribution in [0.2, 0.25) is 0 Å². The van der Waals surface area contributed by atoms with Crippen LogP contribution in [0.5, 0.6) is 5.75 Å². The predicted molar refractivity (Wildman–Crippen MR) is 94.2 cm³/mol. The Labute approximate surface area is 140 Å². The second-order valence-corrected chi connectivity index (χ2v) is 6.41. The molecule has 2 rings (SSSR count). The van der Waals surface area contributed by atoms with Crippen LogP contribution in [-0.4, -0.2) is 6.61 Å². The molecule has 1 aliphatic carbocycles. The Morgan fingerprint density at radius 2 is 1.78 bits per heavy atom. The molecule has 1 saturated carbocycles. The monoisotopic (exact) mass is 309 g/mol. The Hall–Kier alpha value is -1.93. The molecule has 122 valence electrons. The molecule has 2 nitrogen and oxygen atoms in total. The van der Waals surface area contributed by atoms with E-state index in [9.17, 15) is 0 Å². The van der Waals surface area contributed by atoms with E-state index in [1.54, 1.807) is 0 Å². The highest BCUT2D eigenvalue weighted by molar-refractivity contribution is 5.30. The summed E-state index contributed by atoms with van der Waals surface area (Å²) in [6, 6.07) is 10.6. The number of hydrogen-bond donors (Lipinski definition) is 0. The minimum Gasteiger partial charge on any atom is -0.494 e. The Kier molecular flexibility index (Phi) is 7.55. The van der Waals surface area contributed by atoms with Crippen molar-refractivity contribution >= 4 is 0 Å². The zero-order chi connectivity index (χ0) is 16.3. The van der Waals surface area contributed by atoms with Gasteiger partial charge < -0.3 is 4.74 Å². The van der Waals surface area contributed by atoms with Gasteiger partial charge in [0.15, 0.2) is 6.07 Å². The molecule has 1 aromatic rings. The standard InChI is InChI=1S/C21H27NO/c1-2-3-4-5-17-23-21-14-12-20(13-15-21)19-10-8-18(9-11-19)7-6-16-22/h12-15,18-19H,2-5,8-11,17H2,1H3/t18-,19-. The minimum atomic E-state index is 0.414. The highest BCUT2D eigenvalue weighted by Gasteiger charge is 2.21. The zero-order valence-electron chi connectivity index (χ0n) is 14.2. The molecule has 1 aliphatic rings. The normalized spacial score (nSPS) is 20.2. The van der Waals surface area contributed by atoms with E-state index in [1.807, 2.05) is 6.07 Å². The molecular weight excluding hydrogens is 282 g/mol. The van der Waals surface area contributed by atoms with E-state index in [2.05, 4.69) is 43.0 Å². The molecule has 0 unspecified atom stereocenters. The van der Waals surface area contributed by atoms with Crippen LogP contribution in [0, 0.1) is 29.1 Å². The van der Waals surface area contributed by atoms with Crippen molar-refractivity contribution in [2.24, 2.45) is 5.92 Å². The summed E-state index contributed by atoms with van der Waals surface area (Å²) in [5.41, 5.74) is 1.41. The molecule has 1 fully saturated rings. The maximum absolute atomic E-state index is 8.52. The molecule has 0 aliphatic heterocycles. The third kappa shape index (κ3) is 5.99. The lowest BCUT2D eigenvalue weighted by molar-refractivity contribution is 0.304. The highest BCUT2D eigenvalue weighted by Crippen LogP contribution is 2.36. The van der Waals surface area contributed by atoms with Gasteiger partial charge in [0.2, 0.25) is 0 Å². The number of ether oxygens (including phenoxy) is 1. The molecule has 0 atom stereocenters. The van der Waals surface area contributed by atoms with E-state index in [1.165, 1.54) is 37.7 Å². The molecule has 2 heteroatoms. The summed E-state index contributed by atoms with van der Waals surface area (Å²) in [6.07, 6.45) is 9.51. The van der Waals surface area contributed by atoms with Crippen molar-refractivity contribution in [1.29, 1.82) is 5.26 Å². The zero-order valence-corrected chi connectivity index (χ0v) is 14.2. The fraction of sp³-hybridized carbons (Fsp3) is 0.571. The van der Waals surface area contributed by atoms with Crippen molar-refractivity contribution in [2.45, 2.75) is 64.2 Å². The van der Waals surface area contributed by atoms with Gasteiger partial charge in [-0.15, -0.1) is 0 Å². The first-order valence-electron chi connectivity index (χ1n) is 8.96. The smallest absolute Gasteiger partial charge is 0.152 e. The summed E-state index contributed by atoms with van der Waals surface area (Å²) in [5.74, 6) is 7.64. The van der Waals surface area contributed by atoms with E-state index in [0.29, 0.717) is 11.8 Å². The van der Waals surface area contributed by atoms with Gasteiger partial charge in [-0.25, -0.2) is 0 Å². The summed E-state index contributed by atoms with van der Waals surface area (Å²) < 4.78 is 5.81. The van der Waals surface area contributed by atoms with Gasteiger partial charge in [-0.05, 0) is 55.7 Å². The summed E-state index contributed by atoms with van der Waals surface area (Å²) in [5, 5.41) is 8.52. The predicted octanol–water partition coefficient (Wildman–Crippen LogP) is 5.45. The number of nitrogens with zero attached hydrogens (tertiary/aromatic N) is 1. The average molecular weight is 309 g/mol. The summed E-state index contributed by atoms with van der Waals surface area (Å²) in [7, 11) is 0. The minimum absolute atomic E-state index is 0.414. The van der Waals surface area contributed by atoms with E-state index in [-0.39, 0.29) is 0 Å². The van der Waals surface area contributed by atoms with Crippen molar-refractivity contribution in [2.75, 3.05) is 6.61 Å². The van der Waals surface area contributed by atoms with Crippen molar-refractivity contribution < 1.29 is 4.74 Å². The van der Waals surface area contributed by atoms with Gasteiger partial charge >= 0.3 is 0 Å². The lowest BCUT2D eigenvalue weighted by Gasteiger charge is -2.26. The Bertz CT molecular complexity index is 550. The number of unbranched alkanes of at least 4 members (excludes halogenated alkanes) is 3. The maximum atomic E-state index is 8.52. The van der Waals surface area contributed by atoms with Crippen molar-refractivity contribution in [3.8, 4) is 23.7 Å². The average Bonchev–Trinajstić information content (AvgIpc) is 2.61. The molecule has 0 bridgehead atoms. The third-order valence-electron chi connectivity index (χ3n) is 4.68. The van der Waals surface area contributed by atoms with Crippen LogP contribution >= 0.6 is 0 Å². The summed E-state index contributed by atoms with van der Waals surface area (Å²) >= 11 is 0. The number of rotatable bonds is 7. The molecule has 0 amide bonds. The lowest BCUT2D eigenvalue weighted by atomic mass is 9.79. The fourth-order valence-corrected chi connectivity index (χ4v) is 3.26. The van der Waals surface area contributed by atoms with Crippen LogP contribution in [0.1, 0.15) is 69.8 Å². The quantitative estimate of drug-likeness (QED) is 0.496. The molecule has 0 radical (unpaired) electrons. The van der Waals surface area contributed by atoms with Gasteiger partial charge in [0, 0.05) is 11.8 Å². The SMILES string of the molecule is CCCCCCOc1ccc([C@H]2CC[C@H](C#CC#N)CC2)cc1. The number of benzene rings is 1. The Morgan fingerprint density at radius 1 is 1.04 bits per heavy atom. The van der Waals surface area contributed by atoms with Gasteiger partial charge in [0.05, 0.1) is 6.61 Å². The van der Waals surface area contributed by atoms with Crippen molar-refractivity contribution in [1.82, 2.24) is 0 Å². The van der Waals surface area contributed by atoms with Crippen LogP contribution in [0.3, 0.4) is 0 Å². The van der Waals surface area contributed by atoms with Gasteiger partial charge in [-0.1, -0.05) is 44.2 Å². The van der Waals surface area contributed by atoms with Gasteiger partial charge in [-0.2, -0.15) is 5.26 Å². The molecule has 0 aromatic heterocycles. The van der Waals surface area contributed by atoms with Crippen LogP contribution in [0.4, 0.5) is 0 Å². The third-order valence-corrected chi connectivity index (χ3v) is 4.68. The van der Waals surface area contributed by atoms with Crippen LogP contribution in [-0.2, 0) is 0 Å². The van der Waals surface area contributed by atoms with Crippen molar-refractivity contribution in [3.05, 3.63) is 29.8 Å². The van der Waals surface area contributed by atoms with E-state index in [0.717, 1.165) is 31.6 Å². The van der Waals surface area contributed by atoms with Crippen molar-refractivity contribution in [3.63, 3.8) is 0 Å². The van der Waals surface area contributed by atoms with E-state index >= 15 is 0 Å². The molecule has 0 heterocycles. The summed E-state index contributed by atoms with van der Waals surface area (Å²) in [6.45, 7) is 3.05. The van der Waals surface area contributed by atoms with Gasteiger partial charge in [-0.3, -0.25) is 0 Å². The number of hydrogen-bond acceptors (Lipinski definition) is 2. The van der Waals surface area contributed by atoms with Crippen LogP contribution in [0.15, 0.2) is 24.3 Å². The Balaban J connectivity index is 1.76. The molecule has 23 heavy (non-hydrogen) atoms. The van der Waals surface area contributed by atoms with Crippen LogP contribution < -0.4 is 4.74 Å². The topological polar surface area (TPSA) is 33.0 Å². The molecule has 0 N–H and O–H groups in total. The molecule has 0 saturated heterocycles. The van der Waals surface area contributed by atoms with Crippen LogP contribution in [0.25, 0.3) is 0 Å². The van der Waals surface area contributed by atoms with E-state index < -0.39 is 0 Å². The molecular formula is C21H27NO.